The fraction of sp³-hybridized carbons (Fsp3) is 0.455. The lowest BCUT2D eigenvalue weighted by atomic mass is 9.81. The summed E-state index contributed by atoms with van der Waals surface area (Å²) in [6.45, 7) is 9.35. The normalized spacial score (nSPS) is 13.8. The van der Waals surface area contributed by atoms with Gasteiger partial charge >= 0.3 is 0 Å². The van der Waals surface area contributed by atoms with Crippen molar-refractivity contribution >= 4 is 5.69 Å². The van der Waals surface area contributed by atoms with E-state index in [2.05, 4.69) is 81.5 Å². The molecule has 1 N–H and O–H groups in total. The summed E-state index contributed by atoms with van der Waals surface area (Å²) in [6.07, 6.45) is 2.54. The molecular weight excluding hydrogens is 278 g/mol. The number of rotatable bonds is 7. The van der Waals surface area contributed by atoms with Crippen molar-refractivity contribution < 1.29 is 0 Å². The molecule has 0 saturated heterocycles. The lowest BCUT2D eigenvalue weighted by molar-refractivity contribution is 0.384. The highest BCUT2D eigenvalue weighted by Gasteiger charge is 2.18. The van der Waals surface area contributed by atoms with Crippen LogP contribution in [0.3, 0.4) is 0 Å². The van der Waals surface area contributed by atoms with E-state index in [-0.39, 0.29) is 0 Å². The molecule has 0 fully saturated rings. The van der Waals surface area contributed by atoms with E-state index in [0.29, 0.717) is 11.8 Å². The van der Waals surface area contributed by atoms with Crippen LogP contribution in [0, 0.1) is 11.8 Å². The second kappa shape index (κ2) is 8.19. The molecule has 0 bridgehead atoms. The van der Waals surface area contributed by atoms with Crippen molar-refractivity contribution in [2.75, 3.05) is 12.4 Å². The van der Waals surface area contributed by atoms with Gasteiger partial charge in [-0.25, -0.2) is 0 Å². The molecule has 2 aromatic carbocycles. The highest BCUT2D eigenvalue weighted by atomic mass is 14.8. The molecule has 2 rings (SSSR count). The first kappa shape index (κ1) is 17.6. The van der Waals surface area contributed by atoms with Gasteiger partial charge in [0.15, 0.2) is 0 Å². The zero-order valence-electron chi connectivity index (χ0n) is 15.3. The first-order valence-corrected chi connectivity index (χ1v) is 8.93. The highest BCUT2D eigenvalue weighted by Crippen LogP contribution is 2.33. The summed E-state index contributed by atoms with van der Waals surface area (Å²) in [5, 5.41) is 3.21. The first-order chi connectivity index (χ1) is 11.0. The van der Waals surface area contributed by atoms with E-state index in [4.69, 9.17) is 0 Å². The fourth-order valence-corrected chi connectivity index (χ4v) is 3.17. The third-order valence-electron chi connectivity index (χ3n) is 4.98. The van der Waals surface area contributed by atoms with E-state index in [1.165, 1.54) is 29.5 Å². The van der Waals surface area contributed by atoms with E-state index in [9.17, 15) is 0 Å². The van der Waals surface area contributed by atoms with Gasteiger partial charge in [0.1, 0.15) is 0 Å². The summed E-state index contributed by atoms with van der Waals surface area (Å²) in [7, 11) is 1.96. The van der Waals surface area contributed by atoms with Crippen LogP contribution in [0.25, 0.3) is 11.1 Å². The second-order valence-corrected chi connectivity index (χ2v) is 7.05. The second-order valence-electron chi connectivity index (χ2n) is 7.05. The van der Waals surface area contributed by atoms with Crippen LogP contribution in [-0.2, 0) is 0 Å². The molecule has 0 heterocycles. The minimum absolute atomic E-state index is 0.655. The van der Waals surface area contributed by atoms with Crippen molar-refractivity contribution in [2.24, 2.45) is 11.8 Å². The van der Waals surface area contributed by atoms with Crippen LogP contribution in [0.1, 0.15) is 52.0 Å². The number of anilines is 1. The van der Waals surface area contributed by atoms with Crippen molar-refractivity contribution in [1.29, 1.82) is 0 Å². The molecule has 0 aliphatic rings. The molecule has 0 saturated carbocycles. The van der Waals surface area contributed by atoms with Crippen LogP contribution < -0.4 is 5.32 Å². The van der Waals surface area contributed by atoms with Crippen LogP contribution in [0.15, 0.2) is 48.5 Å². The van der Waals surface area contributed by atoms with Gasteiger partial charge in [-0.1, -0.05) is 70.5 Å². The van der Waals surface area contributed by atoms with E-state index in [1.54, 1.807) is 0 Å². The van der Waals surface area contributed by atoms with Gasteiger partial charge in [-0.2, -0.15) is 0 Å². The average Bonchev–Trinajstić information content (AvgIpc) is 2.59. The summed E-state index contributed by atoms with van der Waals surface area (Å²) >= 11 is 0. The maximum Gasteiger partial charge on any atom is 0.0343 e. The van der Waals surface area contributed by atoms with Crippen LogP contribution in [0.5, 0.6) is 0 Å². The summed E-state index contributed by atoms with van der Waals surface area (Å²) in [5.41, 5.74) is 5.19. The molecule has 2 aromatic rings. The molecular formula is C22H31N. The molecule has 0 aliphatic heterocycles. The number of nitrogens with one attached hydrogen (secondary N) is 1. The minimum Gasteiger partial charge on any atom is -0.388 e. The van der Waals surface area contributed by atoms with Crippen LogP contribution in [0.2, 0.25) is 0 Å². The Balaban J connectivity index is 2.22. The molecule has 0 aromatic heterocycles. The van der Waals surface area contributed by atoms with Gasteiger partial charge in [0.05, 0.1) is 0 Å². The Hall–Kier alpha value is -1.76. The van der Waals surface area contributed by atoms with Crippen molar-refractivity contribution in [2.45, 2.75) is 46.5 Å². The molecule has 2 atom stereocenters. The zero-order valence-corrected chi connectivity index (χ0v) is 15.3. The minimum atomic E-state index is 0.655. The van der Waals surface area contributed by atoms with Gasteiger partial charge in [-0.05, 0) is 53.0 Å². The standard InChI is InChI=1S/C22H31N/c1-6-17(4)14-22(16(2)3)19-12-10-18(11-13-19)20-8-7-9-21(15-20)23-5/h7-13,15-17,22-23H,6,14H2,1-5H3/t17-,22-/m1/s1. The van der Waals surface area contributed by atoms with Crippen molar-refractivity contribution in [1.82, 2.24) is 0 Å². The largest absolute Gasteiger partial charge is 0.388 e. The average molecular weight is 309 g/mol. The first-order valence-electron chi connectivity index (χ1n) is 8.93. The maximum absolute atomic E-state index is 3.21. The Labute approximate surface area is 142 Å². The van der Waals surface area contributed by atoms with Gasteiger partial charge in [0.2, 0.25) is 0 Å². The summed E-state index contributed by atoms with van der Waals surface area (Å²) in [4.78, 5) is 0. The molecule has 124 valence electrons. The zero-order chi connectivity index (χ0) is 16.8. The van der Waals surface area contributed by atoms with E-state index in [1.807, 2.05) is 7.05 Å². The van der Waals surface area contributed by atoms with E-state index < -0.39 is 0 Å². The Morgan fingerprint density at radius 3 is 2.17 bits per heavy atom. The Kier molecular flexibility index (Phi) is 6.27. The van der Waals surface area contributed by atoms with Gasteiger partial charge < -0.3 is 5.32 Å². The predicted molar refractivity (Wildman–Crippen MR) is 103 cm³/mol. The van der Waals surface area contributed by atoms with Crippen LogP contribution in [-0.4, -0.2) is 7.05 Å². The molecule has 23 heavy (non-hydrogen) atoms. The molecule has 0 amide bonds. The quantitative estimate of drug-likeness (QED) is 0.609. The van der Waals surface area contributed by atoms with E-state index in [0.717, 1.165) is 11.6 Å². The van der Waals surface area contributed by atoms with Gasteiger partial charge in [0, 0.05) is 12.7 Å². The molecule has 0 aliphatic carbocycles. The summed E-state index contributed by atoms with van der Waals surface area (Å²) in [6, 6.07) is 17.8. The fourth-order valence-electron chi connectivity index (χ4n) is 3.17. The predicted octanol–water partition coefficient (Wildman–Crippen LogP) is 6.57. The van der Waals surface area contributed by atoms with Crippen LogP contribution >= 0.6 is 0 Å². The third kappa shape index (κ3) is 4.60. The topological polar surface area (TPSA) is 12.0 Å². The smallest absolute Gasteiger partial charge is 0.0343 e. The van der Waals surface area contributed by atoms with Crippen molar-refractivity contribution in [3.8, 4) is 11.1 Å². The number of benzene rings is 2. The Morgan fingerprint density at radius 1 is 0.913 bits per heavy atom. The molecule has 1 heteroatoms. The SMILES string of the molecule is CC[C@@H](C)C[C@@H](c1ccc(-c2cccc(NC)c2)cc1)C(C)C. The monoisotopic (exact) mass is 309 g/mol. The molecule has 0 spiro atoms. The maximum atomic E-state index is 3.21. The lowest BCUT2D eigenvalue weighted by Crippen LogP contribution is -2.10. The summed E-state index contributed by atoms with van der Waals surface area (Å²) < 4.78 is 0. The number of hydrogen-bond acceptors (Lipinski definition) is 1. The number of hydrogen-bond donors (Lipinski definition) is 1. The van der Waals surface area contributed by atoms with E-state index >= 15 is 0 Å². The molecule has 0 unspecified atom stereocenters. The molecule has 1 nitrogen and oxygen atoms in total. The van der Waals surface area contributed by atoms with Crippen LogP contribution in [0.4, 0.5) is 5.69 Å². The van der Waals surface area contributed by atoms with Gasteiger partial charge in [-0.15, -0.1) is 0 Å². The van der Waals surface area contributed by atoms with Crippen molar-refractivity contribution in [3.63, 3.8) is 0 Å². The Bertz CT molecular complexity index is 598. The Morgan fingerprint density at radius 2 is 1.61 bits per heavy atom. The van der Waals surface area contributed by atoms with Gasteiger partial charge in [-0.3, -0.25) is 0 Å². The highest BCUT2D eigenvalue weighted by molar-refractivity contribution is 5.68. The summed E-state index contributed by atoms with van der Waals surface area (Å²) in [5.74, 6) is 2.12. The third-order valence-corrected chi connectivity index (χ3v) is 4.98. The van der Waals surface area contributed by atoms with Crippen molar-refractivity contribution in [3.05, 3.63) is 54.1 Å². The van der Waals surface area contributed by atoms with Gasteiger partial charge in [0.25, 0.3) is 0 Å². The lowest BCUT2D eigenvalue weighted by Gasteiger charge is -2.24. The molecule has 0 radical (unpaired) electrons.